The number of pyridine rings is 2. The van der Waals surface area contributed by atoms with Crippen LogP contribution >= 0.6 is 11.3 Å². The molecule has 1 aromatic carbocycles. The number of nitrogens with zero attached hydrogens (tertiary/aromatic N) is 3. The predicted octanol–water partition coefficient (Wildman–Crippen LogP) is 5.31. The van der Waals surface area contributed by atoms with Crippen LogP contribution in [0.25, 0.3) is 11.3 Å². The first kappa shape index (κ1) is 27.5. The van der Waals surface area contributed by atoms with Gasteiger partial charge in [0.15, 0.2) is 0 Å². The van der Waals surface area contributed by atoms with E-state index in [0.29, 0.717) is 25.3 Å². The number of fused-ring (bicyclic) bond motifs is 1. The molecule has 0 spiro atoms. The molecule has 40 heavy (non-hydrogen) atoms. The minimum Gasteiger partial charge on any atom is -0.473 e. The molecule has 0 saturated carbocycles. The zero-order valence-electron chi connectivity index (χ0n) is 22.8. The van der Waals surface area contributed by atoms with Crippen LogP contribution in [0.15, 0.2) is 72.5 Å². The Balaban J connectivity index is 1.22. The summed E-state index contributed by atoms with van der Waals surface area (Å²) < 4.78 is 11.3. The molecule has 4 aromatic rings. The first-order valence-corrected chi connectivity index (χ1v) is 14.1. The summed E-state index contributed by atoms with van der Waals surface area (Å²) >= 11 is 1.47. The standard InChI is InChI=1S/C31H32N4O4S/c1-30(2,3)39-28(36)16-31(14-22-6-4-5-7-23(22)15-31)29(37)34-18-27-35-25(20-40-27)24-8-9-26(33-17-24)38-19-21-10-12-32-13-11-21/h4-13,17,20H,14-16,18-19H2,1-3H3,(H,34,37). The van der Waals surface area contributed by atoms with Crippen LogP contribution in [0.3, 0.4) is 0 Å². The topological polar surface area (TPSA) is 103 Å². The monoisotopic (exact) mass is 556 g/mol. The third kappa shape index (κ3) is 6.71. The lowest BCUT2D eigenvalue weighted by molar-refractivity contribution is -0.160. The van der Waals surface area contributed by atoms with Gasteiger partial charge in [-0.2, -0.15) is 0 Å². The van der Waals surface area contributed by atoms with Crippen molar-refractivity contribution in [1.82, 2.24) is 20.3 Å². The van der Waals surface area contributed by atoms with E-state index in [4.69, 9.17) is 14.5 Å². The van der Waals surface area contributed by atoms with E-state index < -0.39 is 11.0 Å². The Kier molecular flexibility index (Phi) is 7.93. The second-order valence-corrected chi connectivity index (χ2v) is 11.9. The summed E-state index contributed by atoms with van der Waals surface area (Å²) in [5, 5.41) is 5.76. The Morgan fingerprint density at radius 3 is 2.40 bits per heavy atom. The fraction of sp³-hybridized carbons (Fsp3) is 0.323. The first-order chi connectivity index (χ1) is 19.2. The van der Waals surface area contributed by atoms with Gasteiger partial charge in [-0.1, -0.05) is 24.3 Å². The Labute approximate surface area is 237 Å². The molecular formula is C31H32N4O4S. The predicted molar refractivity (Wildman–Crippen MR) is 153 cm³/mol. The molecule has 0 atom stereocenters. The summed E-state index contributed by atoms with van der Waals surface area (Å²) in [5.74, 6) is -0.00695. The molecule has 8 nitrogen and oxygen atoms in total. The highest BCUT2D eigenvalue weighted by Crippen LogP contribution is 2.41. The van der Waals surface area contributed by atoms with Crippen LogP contribution in [0, 0.1) is 5.41 Å². The Hall–Kier alpha value is -4.11. The highest BCUT2D eigenvalue weighted by molar-refractivity contribution is 7.09. The highest BCUT2D eigenvalue weighted by Gasteiger charge is 2.46. The van der Waals surface area contributed by atoms with Crippen LogP contribution in [-0.2, 0) is 40.3 Å². The minimum atomic E-state index is -0.887. The molecule has 0 saturated heterocycles. The summed E-state index contributed by atoms with van der Waals surface area (Å²) in [4.78, 5) is 39.5. The van der Waals surface area contributed by atoms with Gasteiger partial charge < -0.3 is 14.8 Å². The molecule has 9 heteroatoms. The van der Waals surface area contributed by atoms with Crippen LogP contribution in [0.5, 0.6) is 5.88 Å². The molecule has 3 heterocycles. The third-order valence-corrected chi connectivity index (χ3v) is 7.53. The van der Waals surface area contributed by atoms with E-state index in [2.05, 4.69) is 15.3 Å². The molecule has 0 unspecified atom stereocenters. The molecule has 0 bridgehead atoms. The lowest BCUT2D eigenvalue weighted by Gasteiger charge is -2.29. The van der Waals surface area contributed by atoms with Gasteiger partial charge in [0, 0.05) is 35.6 Å². The maximum absolute atomic E-state index is 13.6. The van der Waals surface area contributed by atoms with Gasteiger partial charge in [-0.15, -0.1) is 11.3 Å². The molecule has 206 valence electrons. The Bertz CT molecular complexity index is 1450. The number of ether oxygens (including phenoxy) is 2. The molecule has 1 aliphatic rings. The summed E-state index contributed by atoms with van der Waals surface area (Å²) in [6.45, 7) is 6.19. The number of amides is 1. The van der Waals surface area contributed by atoms with Crippen LogP contribution < -0.4 is 10.1 Å². The quantitative estimate of drug-likeness (QED) is 0.279. The van der Waals surface area contributed by atoms with Gasteiger partial charge >= 0.3 is 5.97 Å². The molecule has 3 aromatic heterocycles. The second kappa shape index (κ2) is 11.6. The van der Waals surface area contributed by atoms with Gasteiger partial charge in [-0.05, 0) is 68.5 Å². The zero-order valence-corrected chi connectivity index (χ0v) is 23.7. The second-order valence-electron chi connectivity index (χ2n) is 11.0. The number of carbonyl (C=O) groups excluding carboxylic acids is 2. The maximum atomic E-state index is 13.6. The molecule has 1 amide bonds. The van der Waals surface area contributed by atoms with Crippen LogP contribution in [-0.4, -0.2) is 32.4 Å². The van der Waals surface area contributed by atoms with Crippen LogP contribution in [0.4, 0.5) is 0 Å². The lowest BCUT2D eigenvalue weighted by atomic mass is 9.80. The van der Waals surface area contributed by atoms with Gasteiger partial charge in [-0.25, -0.2) is 9.97 Å². The summed E-state index contributed by atoms with van der Waals surface area (Å²) in [7, 11) is 0. The van der Waals surface area contributed by atoms with Gasteiger partial charge in [0.1, 0.15) is 17.2 Å². The number of nitrogens with one attached hydrogen (secondary N) is 1. The first-order valence-electron chi connectivity index (χ1n) is 13.2. The van der Waals surface area contributed by atoms with E-state index in [1.807, 2.05) is 74.7 Å². The number of hydrogen-bond donors (Lipinski definition) is 1. The van der Waals surface area contributed by atoms with Crippen molar-refractivity contribution in [2.24, 2.45) is 5.41 Å². The average molecular weight is 557 g/mol. The molecule has 0 aliphatic heterocycles. The maximum Gasteiger partial charge on any atom is 0.307 e. The zero-order chi connectivity index (χ0) is 28.2. The van der Waals surface area contributed by atoms with Crippen molar-refractivity contribution < 1.29 is 19.1 Å². The van der Waals surface area contributed by atoms with Crippen LogP contribution in [0.2, 0.25) is 0 Å². The van der Waals surface area contributed by atoms with Crippen molar-refractivity contribution in [2.75, 3.05) is 0 Å². The molecule has 0 radical (unpaired) electrons. The SMILES string of the molecule is CC(C)(C)OC(=O)CC1(C(=O)NCc2nc(-c3ccc(OCc4ccncc4)nc3)cs2)Cc2ccccc2C1. The average Bonchev–Trinajstić information content (AvgIpc) is 3.55. The highest BCUT2D eigenvalue weighted by atomic mass is 32.1. The van der Waals surface area contributed by atoms with E-state index in [9.17, 15) is 9.59 Å². The normalized spacial score (nSPS) is 13.9. The summed E-state index contributed by atoms with van der Waals surface area (Å²) in [6.07, 6.45) is 6.20. The van der Waals surface area contributed by atoms with Crippen molar-refractivity contribution >= 4 is 23.2 Å². The number of benzene rings is 1. The smallest absolute Gasteiger partial charge is 0.307 e. The van der Waals surface area contributed by atoms with Gasteiger partial charge in [0.05, 0.1) is 24.1 Å². The number of thiazole rings is 1. The summed E-state index contributed by atoms with van der Waals surface area (Å²) in [5.41, 5.74) is 3.34. The number of hydrogen-bond acceptors (Lipinski definition) is 8. The molecule has 5 rings (SSSR count). The van der Waals surface area contributed by atoms with E-state index >= 15 is 0 Å². The Morgan fingerprint density at radius 2 is 1.75 bits per heavy atom. The molecule has 1 aliphatic carbocycles. The number of esters is 1. The minimum absolute atomic E-state index is 0.0230. The van der Waals surface area contributed by atoms with E-state index in [1.54, 1.807) is 18.6 Å². The van der Waals surface area contributed by atoms with Crippen molar-refractivity contribution in [2.45, 2.75) is 58.8 Å². The Morgan fingerprint density at radius 1 is 1.02 bits per heavy atom. The fourth-order valence-corrected chi connectivity index (χ4v) is 5.58. The number of rotatable bonds is 9. The van der Waals surface area contributed by atoms with Crippen molar-refractivity contribution in [3.8, 4) is 17.1 Å². The van der Waals surface area contributed by atoms with Crippen molar-refractivity contribution in [1.29, 1.82) is 0 Å². The number of carbonyl (C=O) groups is 2. The van der Waals surface area contributed by atoms with Gasteiger partial charge in [-0.3, -0.25) is 14.6 Å². The van der Waals surface area contributed by atoms with Crippen LogP contribution in [0.1, 0.15) is 48.9 Å². The van der Waals surface area contributed by atoms with E-state index in [1.165, 1.54) is 11.3 Å². The van der Waals surface area contributed by atoms with Gasteiger partial charge in [0.25, 0.3) is 0 Å². The number of aromatic nitrogens is 3. The molecular weight excluding hydrogens is 524 g/mol. The third-order valence-electron chi connectivity index (χ3n) is 6.68. The molecule has 0 fully saturated rings. The largest absolute Gasteiger partial charge is 0.473 e. The molecule has 1 N–H and O–H groups in total. The summed E-state index contributed by atoms with van der Waals surface area (Å²) in [6, 6.07) is 15.5. The van der Waals surface area contributed by atoms with E-state index in [-0.39, 0.29) is 24.8 Å². The van der Waals surface area contributed by atoms with E-state index in [0.717, 1.165) is 33.0 Å². The fourth-order valence-electron chi connectivity index (χ4n) is 4.84. The van der Waals surface area contributed by atoms with Crippen molar-refractivity contribution in [3.63, 3.8) is 0 Å². The lowest BCUT2D eigenvalue weighted by Crippen LogP contribution is -2.44. The van der Waals surface area contributed by atoms with Crippen molar-refractivity contribution in [3.05, 3.63) is 94.2 Å². The van der Waals surface area contributed by atoms with Gasteiger partial charge in [0.2, 0.25) is 11.8 Å².